The molecule has 140 valence electrons. The molecule has 3 heteroatoms. The van der Waals surface area contributed by atoms with Gasteiger partial charge >= 0.3 is 5.97 Å². The third-order valence-corrected chi connectivity index (χ3v) is 3.89. The van der Waals surface area contributed by atoms with Crippen LogP contribution in [0.1, 0.15) is 57.8 Å². The Balaban J connectivity index is 0.000000615. The predicted octanol–water partition coefficient (Wildman–Crippen LogP) is 5.93. The summed E-state index contributed by atoms with van der Waals surface area (Å²) >= 11 is 0. The SMILES string of the molecule is CC.CC1(C(=O)c2ccc(-c3ccccc3)cc2)COC(=O)C1.CCC. The van der Waals surface area contributed by atoms with Gasteiger partial charge in [0.1, 0.15) is 6.61 Å². The molecule has 0 aliphatic carbocycles. The standard InChI is InChI=1S/C18H16O3.C3H8.C2H6/c1-18(11-16(19)21-12-18)17(20)15-9-7-14(8-10-15)13-5-3-2-4-6-13;1-3-2;1-2/h2-10H,11-12H2,1H3;3H2,1-2H3;1-2H3. The van der Waals surface area contributed by atoms with Crippen molar-refractivity contribution in [2.24, 2.45) is 5.41 Å². The molecular weight excluding hydrogens is 324 g/mol. The Labute approximate surface area is 157 Å². The number of ketones is 1. The first-order valence-electron chi connectivity index (χ1n) is 9.36. The average molecular weight is 354 g/mol. The van der Waals surface area contributed by atoms with E-state index in [0.717, 1.165) is 11.1 Å². The van der Waals surface area contributed by atoms with E-state index in [0.29, 0.717) is 5.56 Å². The summed E-state index contributed by atoms with van der Waals surface area (Å²) in [5.74, 6) is -0.334. The van der Waals surface area contributed by atoms with Crippen molar-refractivity contribution in [3.05, 3.63) is 60.2 Å². The van der Waals surface area contributed by atoms with E-state index < -0.39 is 5.41 Å². The first-order chi connectivity index (χ1) is 12.5. The van der Waals surface area contributed by atoms with Gasteiger partial charge in [0.05, 0.1) is 11.8 Å². The maximum absolute atomic E-state index is 12.5. The highest BCUT2D eigenvalue weighted by Gasteiger charge is 2.42. The van der Waals surface area contributed by atoms with Gasteiger partial charge in [0.15, 0.2) is 5.78 Å². The molecule has 1 aliphatic rings. The van der Waals surface area contributed by atoms with Crippen molar-refractivity contribution in [2.45, 2.75) is 47.5 Å². The zero-order valence-electron chi connectivity index (χ0n) is 16.5. The lowest BCUT2D eigenvalue weighted by Crippen LogP contribution is -2.28. The molecule has 2 aromatic rings. The number of hydrogen-bond donors (Lipinski definition) is 0. The minimum absolute atomic E-state index is 0.0343. The number of Topliss-reactive ketones (excluding diaryl/α,β-unsaturated/α-hetero) is 1. The zero-order valence-corrected chi connectivity index (χ0v) is 16.5. The smallest absolute Gasteiger partial charge is 0.306 e. The van der Waals surface area contributed by atoms with Gasteiger partial charge in [-0.3, -0.25) is 9.59 Å². The fraction of sp³-hybridized carbons (Fsp3) is 0.391. The van der Waals surface area contributed by atoms with Crippen molar-refractivity contribution in [1.29, 1.82) is 0 Å². The van der Waals surface area contributed by atoms with Gasteiger partial charge in [-0.1, -0.05) is 88.7 Å². The molecule has 3 nitrogen and oxygen atoms in total. The average Bonchev–Trinajstić information content (AvgIpc) is 3.04. The molecule has 3 rings (SSSR count). The lowest BCUT2D eigenvalue weighted by Gasteiger charge is -2.18. The van der Waals surface area contributed by atoms with Crippen LogP contribution in [0.15, 0.2) is 54.6 Å². The molecule has 0 bridgehead atoms. The van der Waals surface area contributed by atoms with E-state index in [4.69, 9.17) is 4.74 Å². The van der Waals surface area contributed by atoms with Gasteiger partial charge < -0.3 is 4.74 Å². The predicted molar refractivity (Wildman–Crippen MR) is 107 cm³/mol. The Morgan fingerprint density at radius 3 is 1.92 bits per heavy atom. The Kier molecular flexibility index (Phi) is 8.77. The summed E-state index contributed by atoms with van der Waals surface area (Å²) < 4.78 is 4.94. The number of carbonyl (C=O) groups excluding carboxylic acids is 2. The second-order valence-electron chi connectivity index (χ2n) is 6.38. The van der Waals surface area contributed by atoms with Gasteiger partial charge in [-0.15, -0.1) is 0 Å². The van der Waals surface area contributed by atoms with Gasteiger partial charge in [0.2, 0.25) is 0 Å². The number of benzene rings is 2. The number of esters is 1. The minimum Gasteiger partial charge on any atom is -0.465 e. The van der Waals surface area contributed by atoms with Crippen molar-refractivity contribution in [2.75, 3.05) is 6.61 Å². The highest BCUT2D eigenvalue weighted by Crippen LogP contribution is 2.33. The molecule has 2 aromatic carbocycles. The van der Waals surface area contributed by atoms with Crippen molar-refractivity contribution in [1.82, 2.24) is 0 Å². The maximum atomic E-state index is 12.5. The monoisotopic (exact) mass is 354 g/mol. The van der Waals surface area contributed by atoms with E-state index in [1.807, 2.05) is 68.4 Å². The normalized spacial score (nSPS) is 18.0. The summed E-state index contributed by atoms with van der Waals surface area (Å²) in [6.07, 6.45) is 1.41. The van der Waals surface area contributed by atoms with Gasteiger partial charge in [-0.25, -0.2) is 0 Å². The molecule has 1 fully saturated rings. The molecule has 0 spiro atoms. The first kappa shape index (κ1) is 21.6. The van der Waals surface area contributed by atoms with E-state index in [1.165, 1.54) is 6.42 Å². The van der Waals surface area contributed by atoms with Crippen LogP contribution in [0.3, 0.4) is 0 Å². The van der Waals surface area contributed by atoms with Crippen LogP contribution in [0.5, 0.6) is 0 Å². The highest BCUT2D eigenvalue weighted by molar-refractivity contribution is 6.03. The van der Waals surface area contributed by atoms with Crippen LogP contribution in [0.4, 0.5) is 0 Å². The summed E-state index contributed by atoms with van der Waals surface area (Å²) in [4.78, 5) is 23.8. The number of hydrogen-bond acceptors (Lipinski definition) is 3. The molecule has 1 unspecified atom stereocenters. The van der Waals surface area contributed by atoms with Crippen molar-refractivity contribution in [3.8, 4) is 11.1 Å². The molecular formula is C23H30O3. The number of rotatable bonds is 3. The molecule has 1 atom stereocenters. The van der Waals surface area contributed by atoms with Gasteiger partial charge in [0.25, 0.3) is 0 Å². The van der Waals surface area contributed by atoms with Gasteiger partial charge in [0, 0.05) is 5.56 Å². The number of carbonyl (C=O) groups is 2. The number of cyclic esters (lactones) is 1. The molecule has 0 N–H and O–H groups in total. The van der Waals surface area contributed by atoms with Crippen molar-refractivity contribution < 1.29 is 14.3 Å². The van der Waals surface area contributed by atoms with E-state index in [9.17, 15) is 9.59 Å². The molecule has 0 aromatic heterocycles. The molecule has 0 radical (unpaired) electrons. The third kappa shape index (κ3) is 5.55. The molecule has 26 heavy (non-hydrogen) atoms. The van der Waals surface area contributed by atoms with Gasteiger partial charge in [-0.05, 0) is 18.1 Å². The lowest BCUT2D eigenvalue weighted by molar-refractivity contribution is -0.137. The summed E-state index contributed by atoms with van der Waals surface area (Å²) in [6.45, 7) is 10.2. The van der Waals surface area contributed by atoms with Crippen LogP contribution in [0, 0.1) is 5.41 Å². The van der Waals surface area contributed by atoms with Crippen molar-refractivity contribution in [3.63, 3.8) is 0 Å². The highest BCUT2D eigenvalue weighted by atomic mass is 16.5. The third-order valence-electron chi connectivity index (χ3n) is 3.89. The Hall–Kier alpha value is -2.42. The fourth-order valence-corrected chi connectivity index (χ4v) is 2.60. The lowest BCUT2D eigenvalue weighted by atomic mass is 9.81. The molecule has 1 heterocycles. The second kappa shape index (κ2) is 10.5. The van der Waals surface area contributed by atoms with E-state index in [2.05, 4.69) is 13.8 Å². The fourth-order valence-electron chi connectivity index (χ4n) is 2.60. The summed E-state index contributed by atoms with van der Waals surface area (Å²) in [6, 6.07) is 17.5. The minimum atomic E-state index is -0.731. The van der Waals surface area contributed by atoms with E-state index in [1.54, 1.807) is 6.92 Å². The molecule has 0 saturated carbocycles. The van der Waals surface area contributed by atoms with Crippen molar-refractivity contribution >= 4 is 11.8 Å². The van der Waals surface area contributed by atoms with Crippen LogP contribution in [0.25, 0.3) is 11.1 Å². The largest absolute Gasteiger partial charge is 0.465 e. The molecule has 0 amide bonds. The maximum Gasteiger partial charge on any atom is 0.306 e. The molecule has 1 saturated heterocycles. The van der Waals surface area contributed by atoms with E-state index >= 15 is 0 Å². The summed E-state index contributed by atoms with van der Waals surface area (Å²) in [5, 5.41) is 0. The van der Waals surface area contributed by atoms with Crippen LogP contribution in [-0.4, -0.2) is 18.4 Å². The quantitative estimate of drug-likeness (QED) is 0.506. The molecule has 1 aliphatic heterocycles. The summed E-state index contributed by atoms with van der Waals surface area (Å²) in [5.41, 5.74) is 2.07. The Morgan fingerprint density at radius 1 is 0.962 bits per heavy atom. The van der Waals surface area contributed by atoms with Crippen LogP contribution < -0.4 is 0 Å². The second-order valence-corrected chi connectivity index (χ2v) is 6.38. The van der Waals surface area contributed by atoms with Crippen LogP contribution in [0.2, 0.25) is 0 Å². The number of ether oxygens (including phenoxy) is 1. The van der Waals surface area contributed by atoms with E-state index in [-0.39, 0.29) is 24.8 Å². The first-order valence-corrected chi connectivity index (χ1v) is 9.36. The Bertz CT molecular complexity index is 689. The van der Waals surface area contributed by atoms with Crippen LogP contribution >= 0.6 is 0 Å². The van der Waals surface area contributed by atoms with Crippen LogP contribution in [-0.2, 0) is 9.53 Å². The zero-order chi connectivity index (χ0) is 19.6. The topological polar surface area (TPSA) is 43.4 Å². The summed E-state index contributed by atoms with van der Waals surface area (Å²) in [7, 11) is 0. The van der Waals surface area contributed by atoms with Gasteiger partial charge in [-0.2, -0.15) is 0 Å². The Morgan fingerprint density at radius 2 is 1.46 bits per heavy atom.